The summed E-state index contributed by atoms with van der Waals surface area (Å²) < 4.78 is 4.70. The molecule has 2 aliphatic rings. The van der Waals surface area contributed by atoms with Crippen LogP contribution in [0.25, 0.3) is 0 Å². The van der Waals surface area contributed by atoms with E-state index < -0.39 is 6.16 Å². The van der Waals surface area contributed by atoms with Crippen LogP contribution in [0.15, 0.2) is 23.4 Å². The molecule has 0 aromatic heterocycles. The van der Waals surface area contributed by atoms with Gasteiger partial charge < -0.3 is 14.9 Å². The SMILES string of the molecule is CCOC(=O)ON1CC2=C(C1)NCC=C2. The Labute approximate surface area is 88.3 Å². The molecule has 0 aromatic rings. The minimum absolute atomic E-state index is 0.331. The predicted octanol–water partition coefficient (Wildman–Crippen LogP) is 0.804. The first-order chi connectivity index (χ1) is 7.29. The van der Waals surface area contributed by atoms with Crippen molar-refractivity contribution >= 4 is 6.16 Å². The van der Waals surface area contributed by atoms with Crippen molar-refractivity contribution in [1.82, 2.24) is 10.4 Å². The summed E-state index contributed by atoms with van der Waals surface area (Å²) in [5.74, 6) is 0. The summed E-state index contributed by atoms with van der Waals surface area (Å²) in [6.07, 6.45) is 3.47. The average Bonchev–Trinajstić information content (AvgIpc) is 2.59. The summed E-state index contributed by atoms with van der Waals surface area (Å²) >= 11 is 0. The molecule has 0 radical (unpaired) electrons. The fourth-order valence-electron chi connectivity index (χ4n) is 1.64. The normalized spacial score (nSPS) is 19.8. The predicted molar refractivity (Wildman–Crippen MR) is 53.8 cm³/mol. The second-order valence-electron chi connectivity index (χ2n) is 3.36. The molecule has 0 fully saturated rings. The molecule has 1 N–H and O–H groups in total. The fourth-order valence-corrected chi connectivity index (χ4v) is 1.64. The highest BCUT2D eigenvalue weighted by Gasteiger charge is 2.25. The standard InChI is InChI=1S/C10H14N2O3/c1-2-14-10(13)15-12-6-8-4-3-5-11-9(8)7-12/h3-4,11H,2,5-7H2,1H3. The third kappa shape index (κ3) is 2.30. The maximum atomic E-state index is 11.1. The quantitative estimate of drug-likeness (QED) is 0.683. The average molecular weight is 210 g/mol. The van der Waals surface area contributed by atoms with Crippen LogP contribution in [0.4, 0.5) is 4.79 Å². The zero-order valence-corrected chi connectivity index (χ0v) is 8.66. The molecule has 0 saturated carbocycles. The van der Waals surface area contributed by atoms with Gasteiger partial charge in [0.05, 0.1) is 19.7 Å². The van der Waals surface area contributed by atoms with E-state index in [-0.39, 0.29) is 0 Å². The number of hydrogen-bond acceptors (Lipinski definition) is 5. The van der Waals surface area contributed by atoms with Gasteiger partial charge in [0.2, 0.25) is 0 Å². The highest BCUT2D eigenvalue weighted by Crippen LogP contribution is 2.19. The Balaban J connectivity index is 1.85. The molecule has 5 heteroatoms. The largest absolute Gasteiger partial charge is 0.527 e. The van der Waals surface area contributed by atoms with E-state index in [1.807, 2.05) is 6.08 Å². The van der Waals surface area contributed by atoms with Gasteiger partial charge in [-0.25, -0.2) is 4.79 Å². The van der Waals surface area contributed by atoms with Gasteiger partial charge in [0, 0.05) is 12.2 Å². The molecule has 82 valence electrons. The second-order valence-corrected chi connectivity index (χ2v) is 3.36. The van der Waals surface area contributed by atoms with Crippen LogP contribution >= 0.6 is 0 Å². The molecule has 2 rings (SSSR count). The number of hydrogen-bond donors (Lipinski definition) is 1. The van der Waals surface area contributed by atoms with E-state index in [0.717, 1.165) is 12.2 Å². The van der Waals surface area contributed by atoms with Gasteiger partial charge in [0.1, 0.15) is 0 Å². The highest BCUT2D eigenvalue weighted by molar-refractivity contribution is 5.59. The molecule has 5 nitrogen and oxygen atoms in total. The summed E-state index contributed by atoms with van der Waals surface area (Å²) in [5.41, 5.74) is 2.30. The Morgan fingerprint density at radius 3 is 3.20 bits per heavy atom. The molecule has 0 saturated heterocycles. The van der Waals surface area contributed by atoms with E-state index in [4.69, 9.17) is 9.57 Å². The lowest BCUT2D eigenvalue weighted by Gasteiger charge is -2.14. The van der Waals surface area contributed by atoms with Crippen molar-refractivity contribution < 1.29 is 14.4 Å². The first kappa shape index (κ1) is 10.0. The van der Waals surface area contributed by atoms with Crippen LogP contribution < -0.4 is 5.32 Å². The van der Waals surface area contributed by atoms with Gasteiger partial charge in [0.15, 0.2) is 0 Å². The number of nitrogens with zero attached hydrogens (tertiary/aromatic N) is 1. The lowest BCUT2D eigenvalue weighted by Crippen LogP contribution is -2.28. The van der Waals surface area contributed by atoms with E-state index in [1.165, 1.54) is 5.57 Å². The first-order valence-electron chi connectivity index (χ1n) is 5.01. The Morgan fingerprint density at radius 1 is 1.60 bits per heavy atom. The van der Waals surface area contributed by atoms with E-state index in [1.54, 1.807) is 12.0 Å². The van der Waals surface area contributed by atoms with Crippen molar-refractivity contribution in [3.05, 3.63) is 23.4 Å². The van der Waals surface area contributed by atoms with Crippen molar-refractivity contribution in [2.75, 3.05) is 26.2 Å². The van der Waals surface area contributed by atoms with Crippen molar-refractivity contribution in [3.8, 4) is 0 Å². The molecular weight excluding hydrogens is 196 g/mol. The van der Waals surface area contributed by atoms with Crippen LogP contribution in [0.2, 0.25) is 0 Å². The fraction of sp³-hybridized carbons (Fsp3) is 0.500. The third-order valence-electron chi connectivity index (χ3n) is 2.29. The number of dihydropyridines is 1. The minimum Gasteiger partial charge on any atom is -0.433 e. The lowest BCUT2D eigenvalue weighted by molar-refractivity contribution is -0.109. The van der Waals surface area contributed by atoms with E-state index >= 15 is 0 Å². The number of rotatable bonds is 2. The van der Waals surface area contributed by atoms with Gasteiger partial charge in [0.25, 0.3) is 0 Å². The molecule has 0 unspecified atom stereocenters. The molecule has 2 heterocycles. The minimum atomic E-state index is -0.638. The van der Waals surface area contributed by atoms with Gasteiger partial charge in [-0.2, -0.15) is 0 Å². The molecule has 0 atom stereocenters. The number of carbonyl (C=O) groups is 1. The van der Waals surface area contributed by atoms with Gasteiger partial charge >= 0.3 is 6.16 Å². The summed E-state index contributed by atoms with van der Waals surface area (Å²) in [5, 5.41) is 4.82. The molecule has 0 aromatic carbocycles. The molecular formula is C10H14N2O3. The van der Waals surface area contributed by atoms with Crippen molar-refractivity contribution in [2.24, 2.45) is 0 Å². The Kier molecular flexibility index (Phi) is 2.91. The summed E-state index contributed by atoms with van der Waals surface area (Å²) in [6, 6.07) is 0. The first-order valence-corrected chi connectivity index (χ1v) is 5.01. The second kappa shape index (κ2) is 4.35. The molecule has 2 aliphatic heterocycles. The Morgan fingerprint density at radius 2 is 2.47 bits per heavy atom. The topological polar surface area (TPSA) is 50.8 Å². The molecule has 0 bridgehead atoms. The smallest absolute Gasteiger partial charge is 0.433 e. The van der Waals surface area contributed by atoms with Crippen LogP contribution in [0.5, 0.6) is 0 Å². The lowest BCUT2D eigenvalue weighted by atomic mass is 10.2. The third-order valence-corrected chi connectivity index (χ3v) is 2.29. The summed E-state index contributed by atoms with van der Waals surface area (Å²) in [4.78, 5) is 16.1. The number of hydroxylamine groups is 2. The van der Waals surface area contributed by atoms with Crippen LogP contribution in [0.1, 0.15) is 6.92 Å². The van der Waals surface area contributed by atoms with Crippen LogP contribution in [-0.4, -0.2) is 37.5 Å². The van der Waals surface area contributed by atoms with Gasteiger partial charge in [-0.1, -0.05) is 12.2 Å². The highest BCUT2D eigenvalue weighted by atomic mass is 16.8. The van der Waals surface area contributed by atoms with Gasteiger partial charge in [-0.3, -0.25) is 0 Å². The number of nitrogens with one attached hydrogen (secondary N) is 1. The van der Waals surface area contributed by atoms with Gasteiger partial charge in [-0.15, -0.1) is 5.06 Å². The summed E-state index contributed by atoms with van der Waals surface area (Å²) in [6.45, 7) is 4.15. The molecule has 0 aliphatic carbocycles. The number of carbonyl (C=O) groups excluding carboxylic acids is 1. The maximum Gasteiger partial charge on any atom is 0.527 e. The van der Waals surface area contributed by atoms with Gasteiger partial charge in [-0.05, 0) is 12.5 Å². The number of ether oxygens (including phenoxy) is 1. The maximum absolute atomic E-state index is 11.1. The van der Waals surface area contributed by atoms with E-state index in [0.29, 0.717) is 19.7 Å². The summed E-state index contributed by atoms with van der Waals surface area (Å²) in [7, 11) is 0. The molecule has 15 heavy (non-hydrogen) atoms. The van der Waals surface area contributed by atoms with Crippen molar-refractivity contribution in [1.29, 1.82) is 0 Å². The monoisotopic (exact) mass is 210 g/mol. The Hall–Kier alpha value is -1.49. The molecule has 0 amide bonds. The van der Waals surface area contributed by atoms with Crippen molar-refractivity contribution in [3.63, 3.8) is 0 Å². The zero-order valence-electron chi connectivity index (χ0n) is 8.66. The van der Waals surface area contributed by atoms with Crippen LogP contribution in [0.3, 0.4) is 0 Å². The van der Waals surface area contributed by atoms with Crippen molar-refractivity contribution in [2.45, 2.75) is 6.92 Å². The van der Waals surface area contributed by atoms with Crippen LogP contribution in [-0.2, 0) is 9.57 Å². The van der Waals surface area contributed by atoms with E-state index in [2.05, 4.69) is 11.4 Å². The molecule has 0 spiro atoms. The Bertz CT molecular complexity index is 323. The van der Waals surface area contributed by atoms with Crippen LogP contribution in [0, 0.1) is 0 Å². The zero-order chi connectivity index (χ0) is 10.7. The van der Waals surface area contributed by atoms with E-state index in [9.17, 15) is 4.79 Å².